The van der Waals surface area contributed by atoms with Crippen molar-refractivity contribution in [1.82, 2.24) is 0 Å². The van der Waals surface area contributed by atoms with Gasteiger partial charge in [-0.2, -0.15) is 0 Å². The molecule has 0 N–H and O–H groups in total. The van der Waals surface area contributed by atoms with Crippen molar-refractivity contribution in [2.24, 2.45) is 0 Å². The van der Waals surface area contributed by atoms with Crippen LogP contribution in [0, 0.1) is 0 Å². The summed E-state index contributed by atoms with van der Waals surface area (Å²) < 4.78 is 2.59. The van der Waals surface area contributed by atoms with E-state index < -0.39 is 5.41 Å². The Balaban J connectivity index is 1.30. The fourth-order valence-corrected chi connectivity index (χ4v) is 10.4. The summed E-state index contributed by atoms with van der Waals surface area (Å²) in [4.78, 5) is 2.59. The Morgan fingerprint density at radius 2 is 1.00 bits per heavy atom. The van der Waals surface area contributed by atoms with Gasteiger partial charge < -0.3 is 4.90 Å². The highest BCUT2D eigenvalue weighted by molar-refractivity contribution is 7.26. The summed E-state index contributed by atoms with van der Waals surface area (Å²) >= 11 is 1.91. The maximum absolute atomic E-state index is 2.59. The van der Waals surface area contributed by atoms with Crippen molar-refractivity contribution in [3.63, 3.8) is 0 Å². The fourth-order valence-electron chi connectivity index (χ4n) is 9.19. The average Bonchev–Trinajstić information content (AvgIpc) is 3.75. The summed E-state index contributed by atoms with van der Waals surface area (Å²) in [5.74, 6) is 0. The number of hydrogen-bond acceptors (Lipinski definition) is 2. The van der Waals surface area contributed by atoms with Crippen LogP contribution in [0.4, 0.5) is 17.1 Å². The van der Waals surface area contributed by atoms with Gasteiger partial charge in [0.05, 0.1) is 16.1 Å². The summed E-state index contributed by atoms with van der Waals surface area (Å²) in [5.41, 5.74) is 12.1. The van der Waals surface area contributed by atoms with Crippen molar-refractivity contribution in [2.75, 3.05) is 4.90 Å². The molecule has 10 aromatic rings. The van der Waals surface area contributed by atoms with Gasteiger partial charge in [0.2, 0.25) is 0 Å². The maximum atomic E-state index is 2.59. The fraction of sp³-hybridized carbons (Fsp3) is 0.0385. The van der Waals surface area contributed by atoms with E-state index in [0.717, 1.165) is 5.69 Å². The topological polar surface area (TPSA) is 3.24 Å². The molecule has 0 radical (unpaired) electrons. The van der Waals surface area contributed by atoms with Crippen molar-refractivity contribution in [3.8, 4) is 22.3 Å². The number of benzene rings is 9. The van der Waals surface area contributed by atoms with Gasteiger partial charge in [0, 0.05) is 32.0 Å². The highest BCUT2D eigenvalue weighted by Crippen LogP contribution is 2.58. The normalized spacial score (nSPS) is 13.1. The van der Waals surface area contributed by atoms with E-state index >= 15 is 0 Å². The van der Waals surface area contributed by atoms with Gasteiger partial charge in [-0.1, -0.05) is 170 Å². The molecular formula is C52H35NS. The molecule has 0 amide bonds. The Morgan fingerprint density at radius 3 is 1.74 bits per heavy atom. The third kappa shape index (κ3) is 4.50. The lowest BCUT2D eigenvalue weighted by Crippen LogP contribution is -2.26. The molecule has 0 spiro atoms. The third-order valence-corrected chi connectivity index (χ3v) is 12.9. The second kappa shape index (κ2) is 12.0. The van der Waals surface area contributed by atoms with E-state index in [0.29, 0.717) is 0 Å². The zero-order chi connectivity index (χ0) is 35.8. The van der Waals surface area contributed by atoms with Crippen molar-refractivity contribution in [2.45, 2.75) is 12.3 Å². The Labute approximate surface area is 319 Å². The van der Waals surface area contributed by atoms with Gasteiger partial charge >= 0.3 is 0 Å². The minimum atomic E-state index is -0.415. The molecule has 0 atom stereocenters. The molecule has 1 nitrogen and oxygen atoms in total. The summed E-state index contributed by atoms with van der Waals surface area (Å²) in [6, 6.07) is 71.9. The van der Waals surface area contributed by atoms with Crippen LogP contribution >= 0.6 is 11.3 Å². The van der Waals surface area contributed by atoms with E-state index in [1.165, 1.54) is 92.0 Å². The molecule has 0 saturated heterocycles. The van der Waals surface area contributed by atoms with Crippen molar-refractivity contribution >= 4 is 70.1 Å². The van der Waals surface area contributed by atoms with E-state index in [-0.39, 0.29) is 0 Å². The molecule has 0 aliphatic heterocycles. The molecule has 1 aliphatic carbocycles. The lowest BCUT2D eigenvalue weighted by atomic mass is 9.73. The van der Waals surface area contributed by atoms with Crippen molar-refractivity contribution in [1.29, 1.82) is 0 Å². The van der Waals surface area contributed by atoms with Crippen LogP contribution in [0.25, 0.3) is 64.0 Å². The summed E-state index contributed by atoms with van der Waals surface area (Å²) in [5, 5.41) is 7.56. The molecule has 2 heteroatoms. The first-order chi connectivity index (χ1) is 26.7. The second-order valence-electron chi connectivity index (χ2n) is 14.6. The standard InChI is InChI=1S/C52H35NS/c1-52(45-24-12-9-20-40(45)41-21-10-13-25-46(41)52)47-32-31-44-43-23-11-14-26-49(43)54-51(44)50(47)53(37-29-27-35(28-30-37)34-15-3-2-4-16-34)48-33-36-17-5-6-18-38(36)39-19-7-8-22-42(39)48/h2-33H,1H3. The monoisotopic (exact) mass is 705 g/mol. The van der Waals surface area contributed by atoms with E-state index in [1.54, 1.807) is 0 Å². The van der Waals surface area contributed by atoms with Gasteiger partial charge in [-0.3, -0.25) is 0 Å². The largest absolute Gasteiger partial charge is 0.308 e. The van der Waals surface area contributed by atoms with Gasteiger partial charge in [0.1, 0.15) is 0 Å². The molecule has 0 fully saturated rings. The van der Waals surface area contributed by atoms with Crippen LogP contribution in [-0.4, -0.2) is 0 Å². The van der Waals surface area contributed by atoms with E-state index in [9.17, 15) is 0 Å². The molecule has 0 saturated carbocycles. The van der Waals surface area contributed by atoms with E-state index in [1.807, 2.05) is 11.3 Å². The first-order valence-electron chi connectivity index (χ1n) is 18.7. The van der Waals surface area contributed by atoms with Crippen LogP contribution < -0.4 is 4.90 Å². The van der Waals surface area contributed by atoms with Gasteiger partial charge in [0.25, 0.3) is 0 Å². The van der Waals surface area contributed by atoms with Crippen LogP contribution in [0.15, 0.2) is 194 Å². The minimum absolute atomic E-state index is 0.415. The van der Waals surface area contributed by atoms with Gasteiger partial charge in [-0.25, -0.2) is 0 Å². The predicted molar refractivity (Wildman–Crippen MR) is 232 cm³/mol. The molecule has 1 aromatic heterocycles. The summed E-state index contributed by atoms with van der Waals surface area (Å²) in [7, 11) is 0. The first kappa shape index (κ1) is 31.1. The van der Waals surface area contributed by atoms with Crippen LogP contribution in [-0.2, 0) is 5.41 Å². The second-order valence-corrected chi connectivity index (χ2v) is 15.6. The highest BCUT2D eigenvalue weighted by Gasteiger charge is 2.43. The van der Waals surface area contributed by atoms with Gasteiger partial charge in [-0.05, 0) is 86.3 Å². The van der Waals surface area contributed by atoms with Crippen LogP contribution in [0.5, 0.6) is 0 Å². The Bertz CT molecular complexity index is 3020. The van der Waals surface area contributed by atoms with Crippen LogP contribution in [0.1, 0.15) is 23.6 Å². The molecule has 0 unspecified atom stereocenters. The molecule has 54 heavy (non-hydrogen) atoms. The smallest absolute Gasteiger partial charge is 0.0685 e. The number of nitrogens with zero attached hydrogens (tertiary/aromatic N) is 1. The number of hydrogen-bond donors (Lipinski definition) is 0. The lowest BCUT2D eigenvalue weighted by molar-refractivity contribution is 0.715. The Morgan fingerprint density at radius 1 is 0.426 bits per heavy atom. The molecular weight excluding hydrogens is 671 g/mol. The number of fused-ring (bicyclic) bond motifs is 9. The van der Waals surface area contributed by atoms with Crippen molar-refractivity contribution in [3.05, 3.63) is 211 Å². The van der Waals surface area contributed by atoms with E-state index in [2.05, 4.69) is 206 Å². The summed E-state index contributed by atoms with van der Waals surface area (Å²) in [6.45, 7) is 2.45. The molecule has 9 aromatic carbocycles. The van der Waals surface area contributed by atoms with Crippen molar-refractivity contribution < 1.29 is 0 Å². The average molecular weight is 706 g/mol. The SMILES string of the molecule is CC1(c2ccc3c(sc4ccccc43)c2N(c2ccc(-c3ccccc3)cc2)c2cc3ccccc3c3ccccc23)c2ccccc2-c2ccccc21. The number of anilines is 3. The van der Waals surface area contributed by atoms with Crippen LogP contribution in [0.3, 0.4) is 0 Å². The third-order valence-electron chi connectivity index (χ3n) is 11.7. The lowest BCUT2D eigenvalue weighted by Gasteiger charge is -2.36. The zero-order valence-corrected chi connectivity index (χ0v) is 30.6. The van der Waals surface area contributed by atoms with E-state index in [4.69, 9.17) is 0 Å². The molecule has 254 valence electrons. The van der Waals surface area contributed by atoms with Gasteiger partial charge in [-0.15, -0.1) is 11.3 Å². The minimum Gasteiger partial charge on any atom is -0.308 e. The summed E-state index contributed by atoms with van der Waals surface area (Å²) in [6.07, 6.45) is 0. The maximum Gasteiger partial charge on any atom is 0.0685 e. The molecule has 11 rings (SSSR count). The molecule has 1 heterocycles. The number of thiophene rings is 1. The zero-order valence-electron chi connectivity index (χ0n) is 29.8. The van der Waals surface area contributed by atoms with Gasteiger partial charge in [0.15, 0.2) is 0 Å². The highest BCUT2D eigenvalue weighted by atomic mass is 32.1. The number of rotatable bonds is 5. The van der Waals surface area contributed by atoms with Crippen LogP contribution in [0.2, 0.25) is 0 Å². The Kier molecular flexibility index (Phi) is 6.92. The Hall–Kier alpha value is -6.48. The quantitative estimate of drug-likeness (QED) is 0.161. The predicted octanol–water partition coefficient (Wildman–Crippen LogP) is 14.8. The molecule has 0 bridgehead atoms. The first-order valence-corrected chi connectivity index (χ1v) is 19.5. The molecule has 1 aliphatic rings.